The molecule has 5 atom stereocenters. The van der Waals surface area contributed by atoms with Gasteiger partial charge in [0.05, 0.1) is 19.3 Å². The van der Waals surface area contributed by atoms with Gasteiger partial charge in [0, 0.05) is 22.9 Å². The number of aryl methyl sites for hydroxylation is 1. The van der Waals surface area contributed by atoms with Crippen molar-refractivity contribution >= 4 is 64.5 Å². The number of ether oxygens (including phenoxy) is 2. The Kier molecular flexibility index (Phi) is 12.5. The fourth-order valence-electron chi connectivity index (χ4n) is 3.28. The monoisotopic (exact) mass is 663 g/mol. The molecule has 2 rings (SSSR count). The number of carbonyl (C=O) groups excluding carboxylic acids is 2. The topological polar surface area (TPSA) is 158 Å². The molecule has 3 N–H and O–H groups in total. The molecule has 1 aromatic rings. The molecule has 2 heterocycles. The van der Waals surface area contributed by atoms with Gasteiger partial charge < -0.3 is 23.6 Å². The van der Waals surface area contributed by atoms with Gasteiger partial charge in [-0.15, -0.1) is 0 Å². The second kappa shape index (κ2) is 14.1. The summed E-state index contributed by atoms with van der Waals surface area (Å²) in [5.74, 6) is -0.310. The molecule has 12 nitrogen and oxygen atoms in total. The van der Waals surface area contributed by atoms with Crippen LogP contribution in [-0.2, 0) is 39.9 Å². The molecule has 1 aliphatic heterocycles. The predicted octanol–water partition coefficient (Wildman–Crippen LogP) is 2.77. The Morgan fingerprint density at radius 1 is 1.30 bits per heavy atom. The van der Waals surface area contributed by atoms with Crippen LogP contribution in [0, 0.1) is 12.3 Å². The summed E-state index contributed by atoms with van der Waals surface area (Å²) in [5.41, 5.74) is -1.77. The summed E-state index contributed by atoms with van der Waals surface area (Å²) in [4.78, 5) is 51.0. The second-order valence-electron chi connectivity index (χ2n) is 10.5. The van der Waals surface area contributed by atoms with Crippen molar-refractivity contribution in [3.05, 3.63) is 32.6 Å². The Bertz CT molecular complexity index is 1240. The van der Waals surface area contributed by atoms with Gasteiger partial charge in [0.25, 0.3) is 12.2 Å². The average Bonchev–Trinajstić information content (AvgIpc) is 3.05. The molecule has 0 aliphatic carbocycles. The summed E-state index contributed by atoms with van der Waals surface area (Å²) in [5, 5.41) is 13.7. The van der Waals surface area contributed by atoms with Crippen LogP contribution in [0.1, 0.15) is 53.3 Å². The molecule has 0 bridgehead atoms. The molecule has 1 aromatic heterocycles. The van der Waals surface area contributed by atoms with E-state index in [1.165, 1.54) is 20.0 Å². The van der Waals surface area contributed by atoms with Crippen molar-refractivity contribution < 1.29 is 33.2 Å². The number of esters is 1. The molecular weight excluding hydrogens is 628 g/mol. The quantitative estimate of drug-likeness (QED) is 0.130. The van der Waals surface area contributed by atoms with Crippen LogP contribution in [0.3, 0.4) is 0 Å². The lowest BCUT2D eigenvalue weighted by Crippen LogP contribution is -2.42. The fourth-order valence-corrected chi connectivity index (χ4v) is 7.14. The minimum atomic E-state index is -3.45. The number of rotatable bonds is 12. The number of aromatic amines is 1. The van der Waals surface area contributed by atoms with Gasteiger partial charge in [-0.05, 0) is 39.5 Å². The van der Waals surface area contributed by atoms with E-state index >= 15 is 0 Å². The van der Waals surface area contributed by atoms with E-state index in [2.05, 4.69) is 10.1 Å². The highest BCUT2D eigenvalue weighted by Crippen LogP contribution is 2.49. The van der Waals surface area contributed by atoms with Gasteiger partial charge in [0.1, 0.15) is 18.2 Å². The molecule has 40 heavy (non-hydrogen) atoms. The third-order valence-corrected chi connectivity index (χ3v) is 10.2. The molecule has 0 aromatic carbocycles. The number of carbonyl (C=O) groups is 2. The summed E-state index contributed by atoms with van der Waals surface area (Å²) in [6, 6.07) is -0.915. The summed E-state index contributed by atoms with van der Waals surface area (Å²) in [6.45, 7) is 7.99. The van der Waals surface area contributed by atoms with Crippen molar-refractivity contribution in [1.29, 1.82) is 0 Å². The zero-order valence-electron chi connectivity index (χ0n) is 23.3. The van der Waals surface area contributed by atoms with E-state index in [1.807, 2.05) is 0 Å². The lowest BCUT2D eigenvalue weighted by Gasteiger charge is -2.28. The van der Waals surface area contributed by atoms with Crippen LogP contribution in [0.4, 0.5) is 0 Å². The average molecular weight is 665 g/mol. The van der Waals surface area contributed by atoms with Gasteiger partial charge in [-0.2, -0.15) is 0 Å². The number of nitrogens with zero attached hydrogens (tertiary/aromatic N) is 1. The number of halogens is 2. The maximum atomic E-state index is 12.4. The molecule has 1 fully saturated rings. The Morgan fingerprint density at radius 3 is 2.50 bits per heavy atom. The summed E-state index contributed by atoms with van der Waals surface area (Å²) < 4.78 is 21.7. The first-order chi connectivity index (χ1) is 18.3. The molecule has 0 amide bonds. The standard InChI is InChI=1S/C23H36Cl2N3O9PS2/c1-12(2)36-18(31)14(4)27-38(39,34-8-9-40-20(32)22(5,6)7)35-11-15-16(29)23(24,25)19(37-15)28-10-13(3)17(30)26-21(28)33/h10,12,14-16,19,29H,8-9,11H2,1-7H3,(H,27,39)(H,26,30,33)/t14-,15+,16+,19+,38-/m0/s1. The van der Waals surface area contributed by atoms with Gasteiger partial charge in [0.2, 0.25) is 0 Å². The van der Waals surface area contributed by atoms with E-state index in [1.54, 1.807) is 34.6 Å². The first-order valence-corrected chi connectivity index (χ1v) is 16.7. The lowest BCUT2D eigenvalue weighted by molar-refractivity contribution is -0.149. The highest BCUT2D eigenvalue weighted by molar-refractivity contribution is 8.13. The number of nitrogens with one attached hydrogen (secondary N) is 2. The summed E-state index contributed by atoms with van der Waals surface area (Å²) in [7, 11) is 0. The Balaban J connectivity index is 2.19. The van der Waals surface area contributed by atoms with Crippen LogP contribution in [0.25, 0.3) is 0 Å². The van der Waals surface area contributed by atoms with E-state index in [4.69, 9.17) is 53.5 Å². The minimum Gasteiger partial charge on any atom is -0.462 e. The number of aliphatic hydroxyl groups is 1. The number of H-pyrrole nitrogens is 1. The van der Waals surface area contributed by atoms with E-state index in [-0.39, 0.29) is 35.7 Å². The first kappa shape index (κ1) is 35.4. The molecule has 1 saturated heterocycles. The maximum absolute atomic E-state index is 12.4. The highest BCUT2D eigenvalue weighted by Gasteiger charge is 2.56. The molecule has 17 heteroatoms. The van der Waals surface area contributed by atoms with Gasteiger partial charge in [-0.25, -0.2) is 9.88 Å². The van der Waals surface area contributed by atoms with E-state index in [0.29, 0.717) is 0 Å². The smallest absolute Gasteiger partial charge is 0.330 e. The normalized spacial score (nSPS) is 23.1. The van der Waals surface area contributed by atoms with Crippen molar-refractivity contribution in [3.8, 4) is 0 Å². The number of alkyl halides is 2. The number of aromatic nitrogens is 2. The number of hydrogen-bond acceptors (Lipinski definition) is 11. The van der Waals surface area contributed by atoms with Gasteiger partial charge in [-0.3, -0.25) is 23.9 Å². The van der Waals surface area contributed by atoms with Crippen LogP contribution < -0.4 is 16.3 Å². The van der Waals surface area contributed by atoms with E-state index < -0.39 is 58.1 Å². The Labute approximate surface area is 252 Å². The van der Waals surface area contributed by atoms with Crippen LogP contribution in [0.15, 0.2) is 15.8 Å². The van der Waals surface area contributed by atoms with Crippen LogP contribution in [-0.4, -0.2) is 73.4 Å². The third-order valence-electron chi connectivity index (χ3n) is 5.43. The first-order valence-electron chi connectivity index (χ1n) is 12.4. The second-order valence-corrected chi connectivity index (χ2v) is 16.2. The van der Waals surface area contributed by atoms with Gasteiger partial charge >= 0.3 is 11.7 Å². The third kappa shape index (κ3) is 9.35. The zero-order chi connectivity index (χ0) is 30.6. The van der Waals surface area contributed by atoms with Crippen molar-refractivity contribution in [1.82, 2.24) is 14.6 Å². The maximum Gasteiger partial charge on any atom is 0.330 e. The van der Waals surface area contributed by atoms with Crippen molar-refractivity contribution in [2.75, 3.05) is 19.0 Å². The van der Waals surface area contributed by atoms with E-state index in [0.717, 1.165) is 16.3 Å². The van der Waals surface area contributed by atoms with Crippen molar-refractivity contribution in [2.45, 2.75) is 83.4 Å². The molecule has 0 spiro atoms. The van der Waals surface area contributed by atoms with Crippen LogP contribution in [0.5, 0.6) is 0 Å². The molecule has 0 unspecified atom stereocenters. The number of hydrogen-bond donors (Lipinski definition) is 3. The minimum absolute atomic E-state index is 0.0143. The molecule has 228 valence electrons. The van der Waals surface area contributed by atoms with Crippen molar-refractivity contribution in [2.24, 2.45) is 5.41 Å². The van der Waals surface area contributed by atoms with Gasteiger partial charge in [-0.1, -0.05) is 55.7 Å². The largest absolute Gasteiger partial charge is 0.462 e. The SMILES string of the molecule is Cc1cn([C@@H]2O[C@H](CO[P@](=S)(N[C@@H](C)C(=O)OC(C)C)OCCSC(=O)C(C)(C)C)[C@@H](O)C2(Cl)Cl)c(=O)[nH]c1=O. The Morgan fingerprint density at radius 2 is 1.93 bits per heavy atom. The molecule has 1 aliphatic rings. The molecular formula is C23H36Cl2N3O9PS2. The van der Waals surface area contributed by atoms with Crippen molar-refractivity contribution in [3.63, 3.8) is 0 Å². The van der Waals surface area contributed by atoms with E-state index in [9.17, 15) is 24.3 Å². The van der Waals surface area contributed by atoms with Gasteiger partial charge in [0.15, 0.2) is 15.7 Å². The van der Waals surface area contributed by atoms with Crippen LogP contribution >= 0.6 is 41.6 Å². The molecule has 0 radical (unpaired) electrons. The Hall–Kier alpha value is -0.800. The zero-order valence-corrected chi connectivity index (χ0v) is 27.3. The summed E-state index contributed by atoms with van der Waals surface area (Å²) in [6.07, 6.45) is -3.26. The number of aliphatic hydroxyl groups excluding tert-OH is 1. The molecule has 0 saturated carbocycles. The fraction of sp³-hybridized carbons (Fsp3) is 0.739. The predicted molar refractivity (Wildman–Crippen MR) is 157 cm³/mol. The number of thioether (sulfide) groups is 1. The lowest BCUT2D eigenvalue weighted by atomic mass is 10.00. The van der Waals surface area contributed by atoms with Crippen LogP contribution in [0.2, 0.25) is 0 Å². The summed E-state index contributed by atoms with van der Waals surface area (Å²) >= 11 is 19.5. The highest BCUT2D eigenvalue weighted by atomic mass is 35.5.